The van der Waals surface area contributed by atoms with Gasteiger partial charge in [0.15, 0.2) is 5.82 Å². The van der Waals surface area contributed by atoms with Crippen LogP contribution in [0.1, 0.15) is 30.8 Å². The predicted molar refractivity (Wildman–Crippen MR) is 69.4 cm³/mol. The third-order valence-electron chi connectivity index (χ3n) is 2.63. The summed E-state index contributed by atoms with van der Waals surface area (Å²) < 4.78 is 6.23. The molecule has 0 radical (unpaired) electrons. The van der Waals surface area contributed by atoms with E-state index in [2.05, 4.69) is 26.1 Å². The first-order valence-corrected chi connectivity index (χ1v) is 6.26. The van der Waals surface area contributed by atoms with Crippen molar-refractivity contribution in [3.63, 3.8) is 0 Å². The first-order valence-electron chi connectivity index (χ1n) is 5.47. The van der Waals surface area contributed by atoms with E-state index in [-0.39, 0.29) is 6.04 Å². The largest absolute Gasteiger partial charge is 0.334 e. The molecule has 1 atom stereocenters. The molecule has 17 heavy (non-hydrogen) atoms. The van der Waals surface area contributed by atoms with Crippen LogP contribution in [-0.2, 0) is 0 Å². The third-order valence-corrected chi connectivity index (χ3v) is 3.49. The zero-order valence-corrected chi connectivity index (χ0v) is 11.4. The van der Waals surface area contributed by atoms with Crippen molar-refractivity contribution in [3.8, 4) is 11.5 Å². The second kappa shape index (κ2) is 4.98. The number of hydrogen-bond donors (Lipinski definition) is 1. The predicted octanol–water partition coefficient (Wildman–Crippen LogP) is 3.22. The van der Waals surface area contributed by atoms with Gasteiger partial charge in [0.25, 0.3) is 5.89 Å². The highest BCUT2D eigenvalue weighted by atomic mass is 79.9. The molecule has 90 valence electrons. The van der Waals surface area contributed by atoms with Crippen molar-refractivity contribution in [1.82, 2.24) is 10.1 Å². The fourth-order valence-corrected chi connectivity index (χ4v) is 1.79. The number of nitrogens with zero attached hydrogens (tertiary/aromatic N) is 2. The molecule has 0 saturated heterocycles. The monoisotopic (exact) mass is 295 g/mol. The van der Waals surface area contributed by atoms with E-state index in [1.807, 2.05) is 32.0 Å². The van der Waals surface area contributed by atoms with Crippen molar-refractivity contribution < 1.29 is 4.52 Å². The van der Waals surface area contributed by atoms with Gasteiger partial charge >= 0.3 is 0 Å². The van der Waals surface area contributed by atoms with E-state index in [0.29, 0.717) is 11.7 Å². The first-order chi connectivity index (χ1) is 8.11. The Morgan fingerprint density at radius 3 is 2.88 bits per heavy atom. The lowest BCUT2D eigenvalue weighted by molar-refractivity contribution is 0.415. The normalized spacial score (nSPS) is 12.7. The highest BCUT2D eigenvalue weighted by Crippen LogP contribution is 2.25. The number of rotatable bonds is 3. The third kappa shape index (κ3) is 2.56. The molecule has 2 aromatic rings. The van der Waals surface area contributed by atoms with Crippen LogP contribution in [0.25, 0.3) is 11.5 Å². The lowest BCUT2D eigenvalue weighted by Gasteiger charge is -2.00. The van der Waals surface area contributed by atoms with Crippen molar-refractivity contribution >= 4 is 15.9 Å². The Bertz CT molecular complexity index is 524. The van der Waals surface area contributed by atoms with Gasteiger partial charge in [-0.1, -0.05) is 34.1 Å². The summed E-state index contributed by atoms with van der Waals surface area (Å²) in [5.74, 6) is 1.06. The fourth-order valence-electron chi connectivity index (χ4n) is 1.41. The molecule has 1 aromatic heterocycles. The van der Waals surface area contributed by atoms with Crippen LogP contribution < -0.4 is 5.73 Å². The zero-order chi connectivity index (χ0) is 12.4. The average Bonchev–Trinajstić information content (AvgIpc) is 2.81. The minimum Gasteiger partial charge on any atom is -0.334 e. The summed E-state index contributed by atoms with van der Waals surface area (Å²) in [6.07, 6.45) is 0.788. The van der Waals surface area contributed by atoms with Crippen molar-refractivity contribution in [2.24, 2.45) is 5.73 Å². The average molecular weight is 296 g/mol. The lowest BCUT2D eigenvalue weighted by atomic mass is 10.1. The van der Waals surface area contributed by atoms with E-state index in [9.17, 15) is 0 Å². The molecule has 0 bridgehead atoms. The number of halogens is 1. The molecule has 0 aliphatic carbocycles. The van der Waals surface area contributed by atoms with Gasteiger partial charge < -0.3 is 10.3 Å². The lowest BCUT2D eigenvalue weighted by Crippen LogP contribution is -2.10. The molecular formula is C12H14BrN3O. The van der Waals surface area contributed by atoms with Gasteiger partial charge in [0.05, 0.1) is 6.04 Å². The second-order valence-corrected chi connectivity index (χ2v) is 4.79. The van der Waals surface area contributed by atoms with E-state index < -0.39 is 0 Å². The standard InChI is InChI=1S/C12H14BrN3O/c1-3-10(14)11-15-12(17-16-11)8-5-4-7(2)9(13)6-8/h4-6,10H,3,14H2,1-2H3. The maximum absolute atomic E-state index is 5.85. The van der Waals surface area contributed by atoms with Crippen LogP contribution in [-0.4, -0.2) is 10.1 Å². The van der Waals surface area contributed by atoms with Crippen molar-refractivity contribution in [1.29, 1.82) is 0 Å². The molecule has 0 fully saturated rings. The van der Waals surface area contributed by atoms with Crippen molar-refractivity contribution in [2.75, 3.05) is 0 Å². The number of hydrogen-bond acceptors (Lipinski definition) is 4. The Morgan fingerprint density at radius 2 is 2.24 bits per heavy atom. The molecule has 2 N–H and O–H groups in total. The summed E-state index contributed by atoms with van der Waals surface area (Å²) in [7, 11) is 0. The molecule has 1 unspecified atom stereocenters. The second-order valence-electron chi connectivity index (χ2n) is 3.94. The summed E-state index contributed by atoms with van der Waals surface area (Å²) in [6.45, 7) is 4.02. The van der Waals surface area contributed by atoms with Crippen LogP contribution in [0.5, 0.6) is 0 Å². The van der Waals surface area contributed by atoms with Gasteiger partial charge in [-0.25, -0.2) is 0 Å². The Labute approximate surface area is 108 Å². The Morgan fingerprint density at radius 1 is 1.47 bits per heavy atom. The van der Waals surface area contributed by atoms with Crippen LogP contribution in [0.15, 0.2) is 27.2 Å². The molecule has 0 spiro atoms. The van der Waals surface area contributed by atoms with Gasteiger partial charge in [0.2, 0.25) is 0 Å². The van der Waals surface area contributed by atoms with Crippen LogP contribution in [0, 0.1) is 6.92 Å². The SMILES string of the molecule is CCC(N)c1noc(-c2ccc(C)c(Br)c2)n1. The minimum atomic E-state index is -0.165. The van der Waals surface area contributed by atoms with Gasteiger partial charge in [-0.15, -0.1) is 0 Å². The Kier molecular flexibility index (Phi) is 3.59. The molecule has 0 aliphatic rings. The highest BCUT2D eigenvalue weighted by molar-refractivity contribution is 9.10. The van der Waals surface area contributed by atoms with Crippen molar-refractivity contribution in [2.45, 2.75) is 26.3 Å². The van der Waals surface area contributed by atoms with E-state index in [4.69, 9.17) is 10.3 Å². The van der Waals surface area contributed by atoms with Crippen molar-refractivity contribution in [3.05, 3.63) is 34.1 Å². The maximum Gasteiger partial charge on any atom is 0.258 e. The van der Waals surface area contributed by atoms with E-state index >= 15 is 0 Å². The number of nitrogens with two attached hydrogens (primary N) is 1. The smallest absolute Gasteiger partial charge is 0.258 e. The summed E-state index contributed by atoms with van der Waals surface area (Å²) >= 11 is 3.48. The van der Waals surface area contributed by atoms with Gasteiger partial charge in [-0.3, -0.25) is 0 Å². The molecular weight excluding hydrogens is 282 g/mol. The Hall–Kier alpha value is -1.20. The molecule has 0 saturated carbocycles. The van der Waals surface area contributed by atoms with Crippen LogP contribution in [0.2, 0.25) is 0 Å². The Balaban J connectivity index is 2.33. The van der Waals surface area contributed by atoms with Gasteiger partial charge in [0, 0.05) is 10.0 Å². The van der Waals surface area contributed by atoms with E-state index in [1.54, 1.807) is 0 Å². The first kappa shape index (κ1) is 12.3. The summed E-state index contributed by atoms with van der Waals surface area (Å²) in [5.41, 5.74) is 7.90. The number of benzene rings is 1. The summed E-state index contributed by atoms with van der Waals surface area (Å²) in [4.78, 5) is 4.30. The zero-order valence-electron chi connectivity index (χ0n) is 9.77. The topological polar surface area (TPSA) is 64.9 Å². The quantitative estimate of drug-likeness (QED) is 0.944. The van der Waals surface area contributed by atoms with Crippen LogP contribution >= 0.6 is 15.9 Å². The highest BCUT2D eigenvalue weighted by Gasteiger charge is 2.14. The van der Waals surface area contributed by atoms with Crippen LogP contribution in [0.3, 0.4) is 0 Å². The molecule has 0 aliphatic heterocycles. The molecule has 1 heterocycles. The molecule has 0 amide bonds. The number of aryl methyl sites for hydroxylation is 1. The van der Waals surface area contributed by atoms with Crippen LogP contribution in [0.4, 0.5) is 0 Å². The minimum absolute atomic E-state index is 0.165. The van der Waals surface area contributed by atoms with Gasteiger partial charge in [-0.2, -0.15) is 4.98 Å². The molecule has 1 aromatic carbocycles. The molecule has 5 heteroatoms. The summed E-state index contributed by atoms with van der Waals surface area (Å²) in [5, 5.41) is 3.89. The van der Waals surface area contributed by atoms with Gasteiger partial charge in [-0.05, 0) is 31.0 Å². The van der Waals surface area contributed by atoms with E-state index in [0.717, 1.165) is 16.5 Å². The fraction of sp³-hybridized carbons (Fsp3) is 0.333. The van der Waals surface area contributed by atoms with E-state index in [1.165, 1.54) is 5.56 Å². The van der Waals surface area contributed by atoms with Gasteiger partial charge in [0.1, 0.15) is 0 Å². The number of aromatic nitrogens is 2. The molecule has 2 rings (SSSR count). The molecule has 4 nitrogen and oxygen atoms in total. The summed E-state index contributed by atoms with van der Waals surface area (Å²) in [6, 6.07) is 5.75. The maximum atomic E-state index is 5.85.